The molecule has 0 bridgehead atoms. The van der Waals surface area contributed by atoms with Crippen LogP contribution in [-0.4, -0.2) is 26.4 Å². The van der Waals surface area contributed by atoms with Gasteiger partial charge in [0.2, 0.25) is 0 Å². The van der Waals surface area contributed by atoms with Crippen LogP contribution in [0.3, 0.4) is 0 Å². The Labute approximate surface area is 108 Å². The zero-order chi connectivity index (χ0) is 13.1. The maximum Gasteiger partial charge on any atom is 0.161 e. The van der Waals surface area contributed by atoms with Gasteiger partial charge in [0.05, 0.1) is 20.4 Å². The minimum absolute atomic E-state index is 0.0898. The summed E-state index contributed by atoms with van der Waals surface area (Å²) < 4.78 is 10.6. The van der Waals surface area contributed by atoms with Gasteiger partial charge in [-0.2, -0.15) is 0 Å². The highest BCUT2D eigenvalue weighted by atomic mass is 16.5. The van der Waals surface area contributed by atoms with Gasteiger partial charge in [0.25, 0.3) is 0 Å². The molecule has 0 amide bonds. The smallest absolute Gasteiger partial charge is 0.161 e. The zero-order valence-corrected chi connectivity index (χ0v) is 11.1. The molecular weight excluding hydrogens is 230 g/mol. The number of benzene rings is 1. The third-order valence-electron chi connectivity index (χ3n) is 3.49. The summed E-state index contributed by atoms with van der Waals surface area (Å²) in [5.74, 6) is 1.71. The highest BCUT2D eigenvalue weighted by molar-refractivity contribution is 5.44. The van der Waals surface area contributed by atoms with E-state index in [1.165, 1.54) is 0 Å². The van der Waals surface area contributed by atoms with Gasteiger partial charge in [0.15, 0.2) is 11.5 Å². The van der Waals surface area contributed by atoms with Gasteiger partial charge < -0.3 is 15.2 Å². The van der Waals surface area contributed by atoms with Gasteiger partial charge in [-0.15, -0.1) is 0 Å². The Morgan fingerprint density at radius 3 is 2.50 bits per heavy atom. The van der Waals surface area contributed by atoms with Gasteiger partial charge in [-0.25, -0.2) is 5.43 Å². The average Bonchev–Trinajstić information content (AvgIpc) is 2.79. The minimum atomic E-state index is -0.0898. The van der Waals surface area contributed by atoms with E-state index in [1.807, 2.05) is 18.2 Å². The summed E-state index contributed by atoms with van der Waals surface area (Å²) in [6.45, 7) is 2.14. The molecule has 5 nitrogen and oxygen atoms in total. The number of hydrogen-bond donors (Lipinski definition) is 3. The molecule has 1 saturated heterocycles. The summed E-state index contributed by atoms with van der Waals surface area (Å²) in [6.07, 6.45) is 0.924. The van der Waals surface area contributed by atoms with Gasteiger partial charge >= 0.3 is 0 Å². The number of ether oxygens (including phenoxy) is 2. The van der Waals surface area contributed by atoms with Crippen LogP contribution in [0.2, 0.25) is 0 Å². The van der Waals surface area contributed by atoms with Crippen molar-refractivity contribution in [2.24, 2.45) is 5.73 Å². The maximum atomic E-state index is 6.09. The molecule has 1 aromatic carbocycles. The Kier molecular flexibility index (Phi) is 4.06. The van der Waals surface area contributed by atoms with E-state index >= 15 is 0 Å². The van der Waals surface area contributed by atoms with E-state index in [0.717, 1.165) is 23.5 Å². The molecule has 0 spiro atoms. The summed E-state index contributed by atoms with van der Waals surface area (Å²) in [5, 5.41) is 0. The molecule has 1 fully saturated rings. The number of methoxy groups -OCH3 is 2. The van der Waals surface area contributed by atoms with Gasteiger partial charge in [0.1, 0.15) is 0 Å². The molecule has 1 aliphatic rings. The van der Waals surface area contributed by atoms with E-state index in [9.17, 15) is 0 Å². The Bertz CT molecular complexity index is 411. The van der Waals surface area contributed by atoms with Crippen molar-refractivity contribution in [1.29, 1.82) is 0 Å². The Morgan fingerprint density at radius 2 is 1.89 bits per heavy atom. The summed E-state index contributed by atoms with van der Waals surface area (Å²) in [4.78, 5) is 0. The number of rotatable bonds is 4. The predicted octanol–water partition coefficient (Wildman–Crippen LogP) is 0.959. The van der Waals surface area contributed by atoms with E-state index in [1.54, 1.807) is 14.2 Å². The first-order valence-electron chi connectivity index (χ1n) is 6.19. The maximum absolute atomic E-state index is 6.09. The van der Waals surface area contributed by atoms with Crippen molar-refractivity contribution < 1.29 is 9.47 Å². The van der Waals surface area contributed by atoms with Crippen molar-refractivity contribution in [2.45, 2.75) is 31.5 Å². The number of nitrogens with one attached hydrogen (secondary N) is 2. The summed E-state index contributed by atoms with van der Waals surface area (Å²) >= 11 is 0. The van der Waals surface area contributed by atoms with Crippen LogP contribution < -0.4 is 26.1 Å². The van der Waals surface area contributed by atoms with Crippen LogP contribution in [0.4, 0.5) is 0 Å². The number of hydrogen-bond acceptors (Lipinski definition) is 5. The molecule has 100 valence electrons. The second-order valence-corrected chi connectivity index (χ2v) is 4.47. The molecule has 0 saturated carbocycles. The summed E-state index contributed by atoms with van der Waals surface area (Å²) in [5.41, 5.74) is 13.6. The summed E-state index contributed by atoms with van der Waals surface area (Å²) in [6, 6.07) is 6.30. The highest BCUT2D eigenvalue weighted by Gasteiger charge is 2.33. The quantitative estimate of drug-likeness (QED) is 0.743. The Morgan fingerprint density at radius 1 is 1.17 bits per heavy atom. The Balaban J connectivity index is 2.32. The van der Waals surface area contributed by atoms with E-state index in [2.05, 4.69) is 17.8 Å². The second-order valence-electron chi connectivity index (χ2n) is 4.47. The number of nitrogens with two attached hydrogens (primary N) is 1. The van der Waals surface area contributed by atoms with Crippen molar-refractivity contribution in [2.75, 3.05) is 14.2 Å². The van der Waals surface area contributed by atoms with Crippen molar-refractivity contribution in [1.82, 2.24) is 10.9 Å². The molecule has 3 atom stereocenters. The van der Waals surface area contributed by atoms with Crippen LogP contribution in [0.1, 0.15) is 24.8 Å². The van der Waals surface area contributed by atoms with Crippen molar-refractivity contribution in [3.8, 4) is 11.5 Å². The first-order valence-corrected chi connectivity index (χ1v) is 6.19. The van der Waals surface area contributed by atoms with Crippen LogP contribution in [0.5, 0.6) is 11.5 Å². The third-order valence-corrected chi connectivity index (χ3v) is 3.49. The SMILES string of the molecule is CCC1NNC(N)C1c1ccc(OC)c(OC)c1. The van der Waals surface area contributed by atoms with E-state index in [0.29, 0.717) is 6.04 Å². The zero-order valence-electron chi connectivity index (χ0n) is 11.1. The van der Waals surface area contributed by atoms with E-state index < -0.39 is 0 Å². The van der Waals surface area contributed by atoms with Crippen LogP contribution in [-0.2, 0) is 0 Å². The molecule has 1 heterocycles. The van der Waals surface area contributed by atoms with Gasteiger partial charge in [0, 0.05) is 12.0 Å². The molecular formula is C13H21N3O2. The topological polar surface area (TPSA) is 68.5 Å². The van der Waals surface area contributed by atoms with Crippen LogP contribution >= 0.6 is 0 Å². The molecule has 1 aliphatic heterocycles. The van der Waals surface area contributed by atoms with Gasteiger partial charge in [-0.3, -0.25) is 5.43 Å². The molecule has 0 aliphatic carbocycles. The monoisotopic (exact) mass is 251 g/mol. The standard InChI is InChI=1S/C13H21N3O2/c1-4-9-12(13(14)16-15-9)8-5-6-10(17-2)11(7-8)18-3/h5-7,9,12-13,15-16H,4,14H2,1-3H3. The van der Waals surface area contributed by atoms with Crippen LogP contribution in [0, 0.1) is 0 Å². The van der Waals surface area contributed by atoms with Gasteiger partial charge in [-0.1, -0.05) is 13.0 Å². The minimum Gasteiger partial charge on any atom is -0.493 e. The molecule has 2 rings (SSSR count). The summed E-state index contributed by atoms with van der Waals surface area (Å²) in [7, 11) is 3.28. The lowest BCUT2D eigenvalue weighted by Crippen LogP contribution is -2.38. The fourth-order valence-electron chi connectivity index (χ4n) is 2.49. The molecule has 4 N–H and O–H groups in total. The molecule has 0 aromatic heterocycles. The van der Waals surface area contributed by atoms with E-state index in [-0.39, 0.29) is 12.1 Å². The van der Waals surface area contributed by atoms with Crippen molar-refractivity contribution >= 4 is 0 Å². The lowest BCUT2D eigenvalue weighted by molar-refractivity contribution is 0.353. The molecule has 18 heavy (non-hydrogen) atoms. The molecule has 0 radical (unpaired) electrons. The second kappa shape index (κ2) is 5.56. The number of hydrazine groups is 1. The average molecular weight is 251 g/mol. The molecule has 3 unspecified atom stereocenters. The molecule has 1 aromatic rings. The van der Waals surface area contributed by atoms with E-state index in [4.69, 9.17) is 15.2 Å². The predicted molar refractivity (Wildman–Crippen MR) is 70.6 cm³/mol. The first-order chi connectivity index (χ1) is 8.71. The normalized spacial score (nSPS) is 27.2. The lowest BCUT2D eigenvalue weighted by Gasteiger charge is -2.21. The fourth-order valence-corrected chi connectivity index (χ4v) is 2.49. The largest absolute Gasteiger partial charge is 0.493 e. The van der Waals surface area contributed by atoms with Crippen molar-refractivity contribution in [3.05, 3.63) is 23.8 Å². The lowest BCUT2D eigenvalue weighted by atomic mass is 9.89. The first kappa shape index (κ1) is 13.1. The van der Waals surface area contributed by atoms with Crippen molar-refractivity contribution in [3.63, 3.8) is 0 Å². The Hall–Kier alpha value is -1.30. The van der Waals surface area contributed by atoms with Gasteiger partial charge in [-0.05, 0) is 24.1 Å². The third kappa shape index (κ3) is 2.29. The fraction of sp³-hybridized carbons (Fsp3) is 0.538. The van der Waals surface area contributed by atoms with Crippen LogP contribution in [0.25, 0.3) is 0 Å². The highest BCUT2D eigenvalue weighted by Crippen LogP contribution is 2.34. The molecule has 5 heteroatoms. The van der Waals surface area contributed by atoms with Crippen LogP contribution in [0.15, 0.2) is 18.2 Å².